The molecule has 0 saturated carbocycles. The van der Waals surface area contributed by atoms with Gasteiger partial charge in [-0.05, 0) is 99.1 Å². The fourth-order valence-electron chi connectivity index (χ4n) is 12.8. The highest BCUT2D eigenvalue weighted by molar-refractivity contribution is 6.00. The van der Waals surface area contributed by atoms with Crippen molar-refractivity contribution < 1.29 is 91.1 Å². The van der Waals surface area contributed by atoms with Gasteiger partial charge in [-0.1, -0.05) is 44.2 Å². The largest absolute Gasteiger partial charge is 0.508 e. The number of hydrogen-bond donors (Lipinski definition) is 19. The van der Waals surface area contributed by atoms with E-state index in [4.69, 9.17) is 32.4 Å². The second-order valence-electron chi connectivity index (χ2n) is 27.1. The van der Waals surface area contributed by atoms with Crippen molar-refractivity contribution in [3.05, 3.63) is 107 Å². The molecule has 3 aliphatic rings. The number of fused-ring (bicyclic) bond motifs is 1. The monoisotopic (exact) mass is 1540 g/mol. The number of aromatic hydroxyl groups is 1. The summed E-state index contributed by atoms with van der Waals surface area (Å²) in [5.74, 6) is -14.7. The molecule has 3 aromatic heterocycles. The number of alkyl carbamates (subject to hydrolysis) is 1. The number of amides is 12. The Morgan fingerprint density at radius 1 is 0.736 bits per heavy atom. The molecule has 3 fully saturated rings. The van der Waals surface area contributed by atoms with Crippen LogP contribution in [-0.4, -0.2) is 234 Å². The third-order valence-corrected chi connectivity index (χ3v) is 18.3. The molecule has 3 aliphatic heterocycles. The van der Waals surface area contributed by atoms with E-state index < -0.39 is 176 Å². The summed E-state index contributed by atoms with van der Waals surface area (Å²) in [6.07, 6.45) is -3.69. The fourth-order valence-corrected chi connectivity index (χ4v) is 12.8. The van der Waals surface area contributed by atoms with Gasteiger partial charge in [0.05, 0.1) is 26.1 Å². The van der Waals surface area contributed by atoms with Crippen molar-refractivity contribution in [2.24, 2.45) is 28.1 Å². The van der Waals surface area contributed by atoms with Gasteiger partial charge in [0.15, 0.2) is 12.1 Å². The number of aliphatic hydroxyl groups excluding tert-OH is 2. The van der Waals surface area contributed by atoms with E-state index in [1.807, 2.05) is 0 Å². The molecule has 0 spiro atoms. The van der Waals surface area contributed by atoms with Gasteiger partial charge in [0.2, 0.25) is 71.2 Å². The summed E-state index contributed by atoms with van der Waals surface area (Å²) in [5.41, 5.74) is 22.5. The Morgan fingerprint density at radius 2 is 1.37 bits per heavy atom. The minimum atomic E-state index is -4.13. The summed E-state index contributed by atoms with van der Waals surface area (Å²) in [6, 6.07) is 0.158. The number of halogens is 2. The van der Waals surface area contributed by atoms with Crippen molar-refractivity contribution in [3.8, 4) is 5.75 Å². The number of primary amides is 1. The zero-order valence-corrected chi connectivity index (χ0v) is 60.2. The summed E-state index contributed by atoms with van der Waals surface area (Å²) < 4.78 is 42.7. The van der Waals surface area contributed by atoms with Crippen molar-refractivity contribution in [1.82, 2.24) is 82.6 Å². The number of alkyl halides is 2. The Labute approximate surface area is 627 Å². The Bertz CT molecular complexity index is 4180. The predicted octanol–water partition coefficient (Wildman–Crippen LogP) is -4.39. The molecule has 0 radical (unpaired) electrons. The van der Waals surface area contributed by atoms with E-state index in [0.29, 0.717) is 38.7 Å². The first-order valence-electron chi connectivity index (χ1n) is 35.6. The quantitative estimate of drug-likeness (QED) is 0.0100. The minimum absolute atomic E-state index is 0.00320. The van der Waals surface area contributed by atoms with Crippen LogP contribution in [0.25, 0.3) is 10.9 Å². The number of aromatic amines is 2. The molecule has 23 N–H and O–H groups in total. The Hall–Kier alpha value is -11.9. The number of guanidine groups is 1. The Kier molecular flexibility index (Phi) is 29.9. The van der Waals surface area contributed by atoms with Gasteiger partial charge in [0.25, 0.3) is 0 Å². The normalized spacial score (nSPS) is 19.1. The van der Waals surface area contributed by atoms with Gasteiger partial charge < -0.3 is 116 Å². The van der Waals surface area contributed by atoms with E-state index in [1.54, 1.807) is 44.3 Å². The van der Waals surface area contributed by atoms with Gasteiger partial charge in [-0.2, -0.15) is 13.8 Å². The van der Waals surface area contributed by atoms with E-state index in [1.165, 1.54) is 41.7 Å². The maximum atomic E-state index is 16.0. The van der Waals surface area contributed by atoms with E-state index >= 15 is 18.4 Å². The lowest BCUT2D eigenvalue weighted by molar-refractivity contribution is -0.142. The van der Waals surface area contributed by atoms with Crippen molar-refractivity contribution in [1.29, 1.82) is 0 Å². The van der Waals surface area contributed by atoms with Gasteiger partial charge in [-0.15, -0.1) is 0 Å². The number of ether oxygens (including phenoxy) is 2. The number of nitrogens with two attached hydrogens (primary N) is 4. The van der Waals surface area contributed by atoms with Crippen LogP contribution in [0, 0.1) is 5.92 Å². The number of carbonyl (C=O) groups is 12. The van der Waals surface area contributed by atoms with Gasteiger partial charge >= 0.3 is 17.7 Å². The molecule has 41 heteroatoms. The number of phenols is 1. The number of phenolic OH excluding ortho intramolecular Hbond substituents is 1. The third-order valence-electron chi connectivity index (χ3n) is 18.3. The van der Waals surface area contributed by atoms with Crippen LogP contribution < -0.4 is 81.8 Å². The van der Waals surface area contributed by atoms with Gasteiger partial charge in [-0.3, -0.25) is 62.3 Å². The molecule has 5 aromatic rings. The van der Waals surface area contributed by atoms with Crippen LogP contribution in [0.15, 0.2) is 89.3 Å². The molecule has 0 unspecified atom stereocenters. The minimum Gasteiger partial charge on any atom is -0.508 e. The average Bonchev–Trinajstić information content (AvgIpc) is 1.60. The number of nitrogen functional groups attached to an aromatic ring is 1. The lowest BCUT2D eigenvalue weighted by Gasteiger charge is -2.30. The summed E-state index contributed by atoms with van der Waals surface area (Å²) in [4.78, 5) is 198. The van der Waals surface area contributed by atoms with E-state index in [-0.39, 0.29) is 120 Å². The molecule has 2 aromatic carbocycles. The van der Waals surface area contributed by atoms with E-state index in [0.717, 1.165) is 12.3 Å². The Morgan fingerprint density at radius 3 is 2.02 bits per heavy atom. The van der Waals surface area contributed by atoms with Crippen LogP contribution in [0.5, 0.6) is 5.75 Å². The van der Waals surface area contributed by atoms with E-state index in [2.05, 4.69) is 78.1 Å². The number of nitrogens with one attached hydrogen (secondary N) is 12. The number of H-pyrrole nitrogens is 2. The fraction of sp³-hybridized carbons (Fsp3) is 0.507. The SMILES string of the molecule is CC(C)C[C@H](NC(=O)[C@@H](CCCCNC(=O)O[C@@H]1[C@@H](CO)O[C@@H](n2ccc(N)nc2=O)C1(F)F)NC(=O)[C@H](Cc1ccc(O)cc1)NC(=O)[C@H](CO)NC(=O)[C@H](Cc1c[nH]c2ccccc12)NC(=O)[C@H](Cc1cnc[nH]1)NC(=O)[C@@H]1CCC(=O)N1)C(=O)N[C@@H](CCCN=C(N)N)C(=O)N1CCC[C@H]1C(=O)NCC(N)=O. The zero-order valence-electron chi connectivity index (χ0n) is 60.2. The molecule has 3 saturated heterocycles. The lowest BCUT2D eigenvalue weighted by atomic mass is 10.00. The van der Waals surface area contributed by atoms with Crippen LogP contribution >= 0.6 is 0 Å². The van der Waals surface area contributed by atoms with Crippen molar-refractivity contribution in [3.63, 3.8) is 0 Å². The molecule has 8 rings (SSSR count). The second kappa shape index (κ2) is 39.3. The molecule has 0 bridgehead atoms. The molecule has 110 heavy (non-hydrogen) atoms. The number of rotatable bonds is 39. The number of carbonyl (C=O) groups excluding carboxylic acids is 12. The number of nitrogens with zero attached hydrogens (tertiary/aromatic N) is 5. The number of para-hydroxylation sites is 1. The highest BCUT2D eigenvalue weighted by Crippen LogP contribution is 2.44. The zero-order chi connectivity index (χ0) is 79.9. The number of unbranched alkanes of at least 4 members (excludes halogenated alkanes) is 1. The van der Waals surface area contributed by atoms with Gasteiger partial charge in [0.1, 0.15) is 72.0 Å². The second-order valence-corrected chi connectivity index (χ2v) is 27.1. The van der Waals surface area contributed by atoms with Crippen LogP contribution in [-0.2, 0) is 81.5 Å². The van der Waals surface area contributed by atoms with E-state index in [9.17, 15) is 68.1 Å². The maximum absolute atomic E-state index is 16.0. The Balaban J connectivity index is 1.05. The van der Waals surface area contributed by atoms with Crippen LogP contribution in [0.4, 0.5) is 19.4 Å². The van der Waals surface area contributed by atoms with Crippen molar-refractivity contribution >= 4 is 93.8 Å². The summed E-state index contributed by atoms with van der Waals surface area (Å²) in [7, 11) is 0. The molecular formula is C69H93F2N21O18. The van der Waals surface area contributed by atoms with Crippen LogP contribution in [0.2, 0.25) is 0 Å². The predicted molar refractivity (Wildman–Crippen MR) is 385 cm³/mol. The molecule has 0 aliphatic carbocycles. The number of likely N-dealkylation sites (tertiary alicyclic amines) is 1. The first-order valence-corrected chi connectivity index (χ1v) is 35.6. The smallest absolute Gasteiger partial charge is 0.407 e. The highest BCUT2D eigenvalue weighted by atomic mass is 19.3. The number of aliphatic hydroxyl groups is 2. The number of aromatic nitrogens is 5. The summed E-state index contributed by atoms with van der Waals surface area (Å²) in [6.45, 7) is 0.386. The van der Waals surface area contributed by atoms with Gasteiger partial charge in [-0.25, -0.2) is 14.6 Å². The summed E-state index contributed by atoms with van der Waals surface area (Å²) >= 11 is 0. The standard InChI is InChI=1S/C69H93F2N21O18/c1-35(2)25-45(58(100)84-44(12-7-22-77-66(74)75)64(106)91-23-8-13-50(91)63(105)80-31-53(73)96)85-56(98)42(11-5-6-21-78-68(108)110-55-51(33-94)109-65(69(55,70)71)92-24-20-52(72)90-67(92)107)83-59(101)46(26-36-14-16-39(95)17-15-36)86-62(104)49(32-93)89-60(102)47(27-37-29-79-41-10-4-3-9-40(37)41)87-61(103)48(28-38-30-76-34-81-38)88-57(99)43-18-19-54(97)82-43/h3-4,9-10,14-17,20,24,29-30,34-35,42-51,55,65,79,93-95H,5-8,11-13,18-19,21-23,25-28,31-33H2,1-2H3,(H2,73,96)(H,76,81)(H,78,108)(H,80,105)(H,82,97)(H,83,101)(H,84,100)(H,85,98)(H,86,104)(H,87,103)(H,88,99)(H,89,102)(H2,72,90,107)(H4,74,75,77)/t42-,43+,44+,45+,46+,47+,48+,49+,50+,51-,55-,65-/m1/s1. The first kappa shape index (κ1) is 83.8. The third kappa shape index (κ3) is 23.3. The molecule has 12 amide bonds. The topological polar surface area (TPSA) is 603 Å². The van der Waals surface area contributed by atoms with Gasteiger partial charge in [0, 0.05) is 80.5 Å². The first-order chi connectivity index (χ1) is 52.4. The van der Waals surface area contributed by atoms with Crippen LogP contribution in [0.3, 0.4) is 0 Å². The van der Waals surface area contributed by atoms with Crippen molar-refractivity contribution in [2.45, 2.75) is 176 Å². The maximum Gasteiger partial charge on any atom is 0.407 e. The molecular weight excluding hydrogens is 1450 g/mol. The number of benzene rings is 2. The lowest BCUT2D eigenvalue weighted by Crippen LogP contribution is -2.61. The number of aliphatic imine (C=N–C) groups is 1. The molecule has 596 valence electrons. The number of anilines is 1. The van der Waals surface area contributed by atoms with Crippen LogP contribution in [0.1, 0.15) is 101 Å². The highest BCUT2D eigenvalue weighted by Gasteiger charge is 2.62. The summed E-state index contributed by atoms with van der Waals surface area (Å²) in [5, 5.41) is 57.4. The molecule has 12 atom stereocenters. The average molecular weight is 1540 g/mol. The number of hydrogen-bond acceptors (Lipinski definition) is 22. The molecule has 6 heterocycles. The molecule has 39 nitrogen and oxygen atoms in total. The van der Waals surface area contributed by atoms with Crippen molar-refractivity contribution in [2.75, 3.05) is 45.1 Å². The number of imidazole rings is 1.